The summed E-state index contributed by atoms with van der Waals surface area (Å²) >= 11 is 6.06. The van der Waals surface area contributed by atoms with Gasteiger partial charge < -0.3 is 5.32 Å². The molecule has 4 aromatic rings. The molecule has 1 fully saturated rings. The zero-order valence-corrected chi connectivity index (χ0v) is 20.5. The van der Waals surface area contributed by atoms with Gasteiger partial charge in [0.15, 0.2) is 5.82 Å². The molecule has 0 atom stereocenters. The topological polar surface area (TPSA) is 97.2 Å². The van der Waals surface area contributed by atoms with E-state index in [1.807, 2.05) is 23.7 Å². The molecule has 0 amide bonds. The maximum absolute atomic E-state index is 13.7. The van der Waals surface area contributed by atoms with Gasteiger partial charge in [-0.15, -0.1) is 0 Å². The van der Waals surface area contributed by atoms with E-state index in [2.05, 4.69) is 26.5 Å². The van der Waals surface area contributed by atoms with Crippen molar-refractivity contribution in [3.8, 4) is 23.1 Å². The molecule has 11 heteroatoms. The Kier molecular flexibility index (Phi) is 6.41. The second-order valence-electron chi connectivity index (χ2n) is 8.85. The maximum atomic E-state index is 13.7. The maximum Gasteiger partial charge on any atom is 0.282 e. The highest BCUT2D eigenvalue weighted by Gasteiger charge is 2.25. The van der Waals surface area contributed by atoms with Crippen molar-refractivity contribution < 1.29 is 8.78 Å². The van der Waals surface area contributed by atoms with E-state index in [0.717, 1.165) is 40.3 Å². The van der Waals surface area contributed by atoms with E-state index in [-0.39, 0.29) is 10.8 Å². The summed E-state index contributed by atoms with van der Waals surface area (Å²) in [6, 6.07) is 11.0. The molecule has 8 nitrogen and oxygen atoms in total. The molecule has 0 spiro atoms. The average molecular weight is 509 g/mol. The largest absolute Gasteiger partial charge is 0.325 e. The molecule has 0 radical (unpaired) electrons. The Morgan fingerprint density at radius 1 is 1.17 bits per heavy atom. The quantitative estimate of drug-likeness (QED) is 0.306. The fourth-order valence-electron chi connectivity index (χ4n) is 4.10. The van der Waals surface area contributed by atoms with E-state index in [1.54, 1.807) is 25.1 Å². The first-order valence-corrected chi connectivity index (χ1v) is 11.9. The SMILES string of the molecule is Cc1nn(-c2cc(Nc3c(C)c(-c4ccc(C#N)cc4)nn3CCC3CC3)ncn2)c(C(F)F)c1Cl. The van der Waals surface area contributed by atoms with Gasteiger partial charge in [0.2, 0.25) is 0 Å². The van der Waals surface area contributed by atoms with Crippen LogP contribution in [0.1, 0.15) is 48.2 Å². The summed E-state index contributed by atoms with van der Waals surface area (Å²) in [5.41, 5.74) is 3.05. The first kappa shape index (κ1) is 23.9. The van der Waals surface area contributed by atoms with Gasteiger partial charge in [-0.05, 0) is 38.3 Å². The van der Waals surface area contributed by atoms with Gasteiger partial charge in [0, 0.05) is 23.7 Å². The Labute approximate surface area is 211 Å². The first-order valence-electron chi connectivity index (χ1n) is 11.6. The summed E-state index contributed by atoms with van der Waals surface area (Å²) in [6.07, 6.45) is 1.96. The highest BCUT2D eigenvalue weighted by Crippen LogP contribution is 2.36. The summed E-state index contributed by atoms with van der Waals surface area (Å²) in [7, 11) is 0. The zero-order valence-electron chi connectivity index (χ0n) is 19.7. The predicted octanol–water partition coefficient (Wildman–Crippen LogP) is 6.15. The molecular weight excluding hydrogens is 486 g/mol. The fraction of sp³-hybridized carbons (Fsp3) is 0.320. The minimum absolute atomic E-state index is 0.0841. The predicted molar refractivity (Wildman–Crippen MR) is 132 cm³/mol. The molecule has 0 saturated heterocycles. The van der Waals surface area contributed by atoms with Crippen molar-refractivity contribution in [2.24, 2.45) is 5.92 Å². The van der Waals surface area contributed by atoms with E-state index >= 15 is 0 Å². The molecule has 1 saturated carbocycles. The molecule has 0 bridgehead atoms. The molecule has 184 valence electrons. The van der Waals surface area contributed by atoms with Gasteiger partial charge in [-0.25, -0.2) is 28.1 Å². The lowest BCUT2D eigenvalue weighted by Gasteiger charge is -2.12. The van der Waals surface area contributed by atoms with Gasteiger partial charge >= 0.3 is 0 Å². The van der Waals surface area contributed by atoms with Gasteiger partial charge in [-0.1, -0.05) is 36.6 Å². The molecule has 0 aliphatic heterocycles. The Balaban J connectivity index is 1.51. The monoisotopic (exact) mass is 508 g/mol. The number of aryl methyl sites for hydroxylation is 2. The summed E-state index contributed by atoms with van der Waals surface area (Å²) in [6.45, 7) is 4.26. The third kappa shape index (κ3) is 4.66. The molecule has 1 N–H and O–H groups in total. The number of benzene rings is 1. The van der Waals surface area contributed by atoms with Crippen molar-refractivity contribution >= 4 is 23.2 Å². The van der Waals surface area contributed by atoms with Crippen molar-refractivity contribution in [1.82, 2.24) is 29.5 Å². The summed E-state index contributed by atoms with van der Waals surface area (Å²) < 4.78 is 30.3. The molecule has 1 aliphatic rings. The van der Waals surface area contributed by atoms with Crippen LogP contribution >= 0.6 is 11.6 Å². The number of hydrogen-bond donors (Lipinski definition) is 1. The van der Waals surface area contributed by atoms with E-state index in [1.165, 1.54) is 19.2 Å². The van der Waals surface area contributed by atoms with Crippen LogP contribution in [0.4, 0.5) is 20.4 Å². The number of nitrogens with one attached hydrogen (secondary N) is 1. The van der Waals surface area contributed by atoms with E-state index in [4.69, 9.17) is 22.0 Å². The van der Waals surface area contributed by atoms with Crippen LogP contribution in [-0.4, -0.2) is 29.5 Å². The van der Waals surface area contributed by atoms with Gasteiger partial charge in [0.25, 0.3) is 6.43 Å². The zero-order chi connectivity index (χ0) is 25.4. The standard InChI is InChI=1S/C25H23ClF2N8/c1-14-22(18-7-5-17(12-29)6-8-18)34-35(10-9-16-3-4-16)25(14)32-19-11-20(31-13-30-19)36-23(24(27)28)21(26)15(2)33-36/h5-8,11,13,16,24H,3-4,9-10H2,1-2H3,(H,30,31,32). The lowest BCUT2D eigenvalue weighted by Crippen LogP contribution is -2.09. The van der Waals surface area contributed by atoms with Crippen LogP contribution < -0.4 is 5.32 Å². The fourth-order valence-corrected chi connectivity index (χ4v) is 4.30. The van der Waals surface area contributed by atoms with Crippen LogP contribution in [0, 0.1) is 31.1 Å². The number of anilines is 2. The van der Waals surface area contributed by atoms with Crippen LogP contribution in [0.3, 0.4) is 0 Å². The molecular formula is C25H23ClF2N8. The van der Waals surface area contributed by atoms with Crippen molar-refractivity contribution in [2.75, 3.05) is 5.32 Å². The third-order valence-electron chi connectivity index (χ3n) is 6.27. The smallest absolute Gasteiger partial charge is 0.282 e. The van der Waals surface area contributed by atoms with Crippen LogP contribution in [0.15, 0.2) is 36.7 Å². The lowest BCUT2D eigenvalue weighted by molar-refractivity contribution is 0.142. The molecule has 3 heterocycles. The number of halogens is 3. The first-order chi connectivity index (χ1) is 17.4. The minimum atomic E-state index is -2.81. The van der Waals surface area contributed by atoms with Crippen LogP contribution in [-0.2, 0) is 6.54 Å². The minimum Gasteiger partial charge on any atom is -0.325 e. The number of nitriles is 1. The van der Waals surface area contributed by atoms with Gasteiger partial charge in [-0.2, -0.15) is 15.5 Å². The second kappa shape index (κ2) is 9.66. The Morgan fingerprint density at radius 2 is 1.92 bits per heavy atom. The number of aromatic nitrogens is 6. The molecule has 0 unspecified atom stereocenters. The van der Waals surface area contributed by atoms with Crippen LogP contribution in [0.5, 0.6) is 0 Å². The molecule has 5 rings (SSSR count). The highest BCUT2D eigenvalue weighted by molar-refractivity contribution is 6.31. The van der Waals surface area contributed by atoms with Crippen molar-refractivity contribution in [3.05, 3.63) is 64.2 Å². The summed E-state index contributed by atoms with van der Waals surface area (Å²) in [4.78, 5) is 8.44. The highest BCUT2D eigenvalue weighted by atomic mass is 35.5. The van der Waals surface area contributed by atoms with Gasteiger partial charge in [0.1, 0.15) is 23.7 Å². The number of nitrogens with zero attached hydrogens (tertiary/aromatic N) is 7. The Morgan fingerprint density at radius 3 is 2.58 bits per heavy atom. The van der Waals surface area contributed by atoms with Crippen molar-refractivity contribution in [2.45, 2.75) is 46.1 Å². The Hall–Kier alpha value is -3.84. The average Bonchev–Trinajstić information content (AvgIpc) is 3.59. The molecule has 3 aromatic heterocycles. The molecule has 1 aromatic carbocycles. The lowest BCUT2D eigenvalue weighted by atomic mass is 10.1. The van der Waals surface area contributed by atoms with Gasteiger partial charge in [-0.3, -0.25) is 0 Å². The number of hydrogen-bond acceptors (Lipinski definition) is 6. The van der Waals surface area contributed by atoms with Crippen LogP contribution in [0.2, 0.25) is 5.02 Å². The molecule has 36 heavy (non-hydrogen) atoms. The van der Waals surface area contributed by atoms with E-state index in [9.17, 15) is 8.78 Å². The second-order valence-corrected chi connectivity index (χ2v) is 9.23. The van der Waals surface area contributed by atoms with Crippen LogP contribution in [0.25, 0.3) is 17.1 Å². The van der Waals surface area contributed by atoms with E-state index in [0.29, 0.717) is 23.0 Å². The van der Waals surface area contributed by atoms with Crippen molar-refractivity contribution in [3.63, 3.8) is 0 Å². The third-order valence-corrected chi connectivity index (χ3v) is 6.73. The summed E-state index contributed by atoms with van der Waals surface area (Å²) in [5.74, 6) is 2.05. The Bertz CT molecular complexity index is 1450. The molecule has 1 aliphatic carbocycles. The summed E-state index contributed by atoms with van der Waals surface area (Å²) in [5, 5.41) is 21.3. The number of rotatable bonds is 8. The van der Waals surface area contributed by atoms with Gasteiger partial charge in [0.05, 0.1) is 28.0 Å². The van der Waals surface area contributed by atoms with Crippen molar-refractivity contribution in [1.29, 1.82) is 5.26 Å². The number of alkyl halides is 2. The normalized spacial score (nSPS) is 13.2. The van der Waals surface area contributed by atoms with E-state index < -0.39 is 12.1 Å².